The van der Waals surface area contributed by atoms with Gasteiger partial charge in [0, 0.05) is 19.6 Å². The second kappa shape index (κ2) is 14.0. The molecular formula is C6H15NO4Zn. The molecular weight excluding hydrogens is 215 g/mol. The van der Waals surface area contributed by atoms with Gasteiger partial charge in [0.15, 0.2) is 0 Å². The molecule has 70 valence electrons. The Bertz CT molecular complexity index is 62.3. The third-order valence-corrected chi connectivity index (χ3v) is 1.25. The van der Waals surface area contributed by atoms with E-state index in [0.717, 1.165) is 0 Å². The summed E-state index contributed by atoms with van der Waals surface area (Å²) < 4.78 is 0. The van der Waals surface area contributed by atoms with Gasteiger partial charge >= 0.3 is 19.5 Å². The number of nitrogens with zero attached hydrogens (tertiary/aromatic N) is 1. The van der Waals surface area contributed by atoms with Gasteiger partial charge in [-0.2, -0.15) is 0 Å². The van der Waals surface area contributed by atoms with Gasteiger partial charge in [-0.3, -0.25) is 4.90 Å². The molecule has 0 bridgehead atoms. The fourth-order valence-corrected chi connectivity index (χ4v) is 0.760. The maximum absolute atomic E-state index is 8.48. The Morgan fingerprint density at radius 1 is 0.750 bits per heavy atom. The Morgan fingerprint density at radius 2 is 1.00 bits per heavy atom. The van der Waals surface area contributed by atoms with Gasteiger partial charge in [0.05, 0.1) is 19.8 Å². The van der Waals surface area contributed by atoms with E-state index in [9.17, 15) is 0 Å². The second-order valence-electron chi connectivity index (χ2n) is 2.01. The monoisotopic (exact) mass is 229 g/mol. The summed E-state index contributed by atoms with van der Waals surface area (Å²) in [5.74, 6) is 0. The van der Waals surface area contributed by atoms with Crippen LogP contribution in [0.2, 0.25) is 0 Å². The van der Waals surface area contributed by atoms with E-state index in [0.29, 0.717) is 19.6 Å². The third kappa shape index (κ3) is 10.4. The Kier molecular flexibility index (Phi) is 21.3. The van der Waals surface area contributed by atoms with Gasteiger partial charge in [-0.15, -0.1) is 0 Å². The van der Waals surface area contributed by atoms with E-state index in [1.165, 1.54) is 0 Å². The van der Waals surface area contributed by atoms with E-state index in [1.54, 1.807) is 4.90 Å². The van der Waals surface area contributed by atoms with Crippen molar-refractivity contribution in [2.24, 2.45) is 0 Å². The van der Waals surface area contributed by atoms with Crippen molar-refractivity contribution in [3.63, 3.8) is 0 Å². The number of aliphatic hydroxyl groups excluding tert-OH is 3. The Morgan fingerprint density at radius 3 is 1.17 bits per heavy atom. The molecule has 6 heteroatoms. The molecule has 0 unspecified atom stereocenters. The maximum Gasteiger partial charge on any atom is 2.00 e. The zero-order chi connectivity index (χ0) is 7.82. The minimum atomic E-state index is 0. The number of aliphatic hydroxyl groups is 3. The average Bonchev–Trinajstić information content (AvgIpc) is 1.90. The van der Waals surface area contributed by atoms with Crippen LogP contribution in [0.4, 0.5) is 0 Å². The molecule has 0 saturated carbocycles. The molecule has 0 radical (unpaired) electrons. The van der Waals surface area contributed by atoms with Crippen molar-refractivity contribution in [2.45, 2.75) is 0 Å². The summed E-state index contributed by atoms with van der Waals surface area (Å²) in [6.45, 7) is 1.75. The predicted molar refractivity (Wildman–Crippen MR) is 38.4 cm³/mol. The Balaban J connectivity index is -0.000000405. The minimum absolute atomic E-state index is 0. The van der Waals surface area contributed by atoms with E-state index in [1.807, 2.05) is 0 Å². The molecule has 3 N–H and O–H groups in total. The molecule has 0 heterocycles. The maximum atomic E-state index is 8.48. The molecule has 0 aromatic carbocycles. The van der Waals surface area contributed by atoms with Gasteiger partial charge < -0.3 is 20.8 Å². The quantitative estimate of drug-likeness (QED) is 0.467. The van der Waals surface area contributed by atoms with Crippen LogP contribution in [0.15, 0.2) is 0 Å². The van der Waals surface area contributed by atoms with Crippen molar-refractivity contribution in [2.75, 3.05) is 39.5 Å². The summed E-state index contributed by atoms with van der Waals surface area (Å²) in [7, 11) is 0. The van der Waals surface area contributed by atoms with Gasteiger partial charge in [-0.1, -0.05) is 0 Å². The molecule has 0 aliphatic rings. The van der Waals surface area contributed by atoms with Crippen molar-refractivity contribution in [1.29, 1.82) is 0 Å². The fourth-order valence-electron chi connectivity index (χ4n) is 0.760. The Labute approximate surface area is 85.1 Å². The van der Waals surface area contributed by atoms with Crippen LogP contribution in [0.25, 0.3) is 0 Å². The minimum Gasteiger partial charge on any atom is -2.00 e. The molecule has 0 fully saturated rings. The summed E-state index contributed by atoms with van der Waals surface area (Å²) in [5, 5.41) is 25.5. The van der Waals surface area contributed by atoms with Gasteiger partial charge in [0.25, 0.3) is 0 Å². The molecule has 5 nitrogen and oxygen atoms in total. The first-order valence-corrected chi connectivity index (χ1v) is 3.40. The smallest absolute Gasteiger partial charge is 2.00 e. The third-order valence-electron chi connectivity index (χ3n) is 1.25. The molecule has 0 saturated heterocycles. The zero-order valence-corrected chi connectivity index (χ0v) is 10.1. The Hall–Kier alpha value is 0.423. The predicted octanol–water partition coefficient (Wildman–Crippen LogP) is -1.86. The zero-order valence-electron chi connectivity index (χ0n) is 7.15. The van der Waals surface area contributed by atoms with Crippen molar-refractivity contribution in [1.82, 2.24) is 4.90 Å². The van der Waals surface area contributed by atoms with Crippen LogP contribution >= 0.6 is 0 Å². The van der Waals surface area contributed by atoms with Crippen molar-refractivity contribution < 1.29 is 40.3 Å². The van der Waals surface area contributed by atoms with E-state index in [-0.39, 0.29) is 44.8 Å². The SMILES string of the molecule is OCCN(CCO)CCO.[O-2].[Zn+2]. The fraction of sp³-hybridized carbons (Fsp3) is 1.00. The molecule has 0 aromatic heterocycles. The van der Waals surface area contributed by atoms with Gasteiger partial charge in [-0.25, -0.2) is 0 Å². The molecule has 0 amide bonds. The van der Waals surface area contributed by atoms with E-state index < -0.39 is 0 Å². The van der Waals surface area contributed by atoms with Crippen LogP contribution in [-0.2, 0) is 25.0 Å². The van der Waals surface area contributed by atoms with Gasteiger partial charge in [0.1, 0.15) is 0 Å². The number of hydrogen-bond donors (Lipinski definition) is 3. The van der Waals surface area contributed by atoms with Crippen molar-refractivity contribution >= 4 is 0 Å². The summed E-state index contributed by atoms with van der Waals surface area (Å²) in [6, 6.07) is 0. The van der Waals surface area contributed by atoms with Crippen LogP contribution in [-0.4, -0.2) is 59.7 Å². The molecule has 0 aliphatic heterocycles. The van der Waals surface area contributed by atoms with E-state index >= 15 is 0 Å². The summed E-state index contributed by atoms with van der Waals surface area (Å²) in [6.07, 6.45) is 0. The van der Waals surface area contributed by atoms with E-state index in [2.05, 4.69) is 0 Å². The van der Waals surface area contributed by atoms with Crippen LogP contribution in [0.3, 0.4) is 0 Å². The molecule has 0 aromatic rings. The average molecular weight is 231 g/mol. The van der Waals surface area contributed by atoms with Crippen molar-refractivity contribution in [3.8, 4) is 0 Å². The molecule has 0 rings (SSSR count). The van der Waals surface area contributed by atoms with Gasteiger partial charge in [0.2, 0.25) is 0 Å². The first kappa shape index (κ1) is 18.3. The van der Waals surface area contributed by atoms with Crippen LogP contribution in [0.5, 0.6) is 0 Å². The number of rotatable bonds is 6. The van der Waals surface area contributed by atoms with Crippen LogP contribution in [0, 0.1) is 0 Å². The second-order valence-corrected chi connectivity index (χ2v) is 2.01. The first-order valence-electron chi connectivity index (χ1n) is 3.40. The topological polar surface area (TPSA) is 92.4 Å². The summed E-state index contributed by atoms with van der Waals surface area (Å²) >= 11 is 0. The normalized spacial score (nSPS) is 9.00. The van der Waals surface area contributed by atoms with Crippen LogP contribution in [0.1, 0.15) is 0 Å². The molecule has 12 heavy (non-hydrogen) atoms. The van der Waals surface area contributed by atoms with Crippen LogP contribution < -0.4 is 0 Å². The molecule has 0 atom stereocenters. The molecule has 0 aliphatic carbocycles. The first-order chi connectivity index (χ1) is 4.85. The summed E-state index contributed by atoms with van der Waals surface area (Å²) in [4.78, 5) is 1.79. The van der Waals surface area contributed by atoms with Gasteiger partial charge in [-0.05, 0) is 0 Å². The standard InChI is InChI=1S/C6H15NO3.O.Zn/c8-4-1-7(2-5-9)3-6-10;;/h8-10H,1-6H2;;/q;-2;+2. The number of hydrogen-bond acceptors (Lipinski definition) is 4. The van der Waals surface area contributed by atoms with Crippen molar-refractivity contribution in [3.05, 3.63) is 0 Å². The largest absolute Gasteiger partial charge is 2.00 e. The summed E-state index contributed by atoms with van der Waals surface area (Å²) in [5.41, 5.74) is 0. The molecule has 0 spiro atoms. The van der Waals surface area contributed by atoms with E-state index in [4.69, 9.17) is 15.3 Å².